The summed E-state index contributed by atoms with van der Waals surface area (Å²) in [4.78, 5) is 10.8. The molecule has 0 radical (unpaired) electrons. The van der Waals surface area contributed by atoms with E-state index in [0.717, 1.165) is 30.8 Å². The summed E-state index contributed by atoms with van der Waals surface area (Å²) in [6, 6.07) is 1.85. The molecule has 0 aromatic carbocycles. The van der Waals surface area contributed by atoms with Crippen LogP contribution in [0.25, 0.3) is 0 Å². The van der Waals surface area contributed by atoms with Gasteiger partial charge in [0, 0.05) is 20.0 Å². The Labute approximate surface area is 155 Å². The number of ether oxygens (including phenoxy) is 2. The van der Waals surface area contributed by atoms with Crippen LogP contribution in [0.2, 0.25) is 0 Å². The van der Waals surface area contributed by atoms with Crippen molar-refractivity contribution in [2.45, 2.75) is 58.4 Å². The van der Waals surface area contributed by atoms with Crippen LogP contribution in [-0.4, -0.2) is 48.6 Å². The normalized spacial score (nSPS) is 21.1. The first-order valence-electron chi connectivity index (χ1n) is 8.40. The van der Waals surface area contributed by atoms with Crippen molar-refractivity contribution in [3.63, 3.8) is 0 Å². The Balaban J connectivity index is 2.05. The van der Waals surface area contributed by atoms with Gasteiger partial charge in [0.15, 0.2) is 0 Å². The summed E-state index contributed by atoms with van der Waals surface area (Å²) >= 11 is 3.46. The quantitative estimate of drug-likeness (QED) is 0.474. The van der Waals surface area contributed by atoms with Gasteiger partial charge >= 0.3 is 6.61 Å². The minimum absolute atomic E-state index is 0.179. The Morgan fingerprint density at radius 2 is 2.16 bits per heavy atom. The maximum absolute atomic E-state index is 12.4. The van der Waals surface area contributed by atoms with Gasteiger partial charge in [0.2, 0.25) is 5.88 Å². The topological polar surface area (TPSA) is 47.0 Å². The van der Waals surface area contributed by atoms with Gasteiger partial charge in [0.1, 0.15) is 6.10 Å². The number of rotatable bonds is 7. The molecular weight excluding hydrogens is 396 g/mol. The maximum Gasteiger partial charge on any atom is 0.345 e. The monoisotopic (exact) mass is 419 g/mol. The number of hydrogen-bond acceptors (Lipinski definition) is 4. The van der Waals surface area contributed by atoms with Crippen molar-refractivity contribution >= 4 is 28.0 Å². The second-order valence-electron chi connectivity index (χ2n) is 6.12. The average molecular weight is 420 g/mol. The average Bonchev–Trinajstić information content (AvgIpc) is 2.56. The molecule has 1 aliphatic carbocycles. The fourth-order valence-corrected chi connectivity index (χ4v) is 3.04. The molecule has 2 rings (SSSR count). The molecule has 1 fully saturated rings. The summed E-state index contributed by atoms with van der Waals surface area (Å²) in [5.74, 6) is 0.461. The number of pyridine rings is 1. The van der Waals surface area contributed by atoms with Crippen LogP contribution in [-0.2, 0) is 4.74 Å². The van der Waals surface area contributed by atoms with Crippen LogP contribution in [0.3, 0.4) is 0 Å². The number of aliphatic imine (C=N–C) groups is 1. The van der Waals surface area contributed by atoms with E-state index in [1.54, 1.807) is 6.34 Å². The number of nitrogens with zero attached hydrogens (tertiary/aromatic N) is 3. The molecule has 0 unspecified atom stereocenters. The standard InChI is InChI=1S/C17H24BrF2N3O2/c1-4-23(3)10-21-15-9-14(18)16(22-11(15)2)24-12-6-5-7-13(8-12)25-17(19)20/h9-10,12-13,17H,4-8H2,1-3H3/t12-,13-/m0/s1. The fraction of sp³-hybridized carbons (Fsp3) is 0.647. The SMILES string of the molecule is CCN(C)C=Nc1cc(Br)c(O[C@H]2CCC[C@H](OC(F)F)C2)nc1C. The second kappa shape index (κ2) is 9.43. The number of hydrogen-bond donors (Lipinski definition) is 0. The molecule has 1 aromatic rings. The highest BCUT2D eigenvalue weighted by Crippen LogP contribution is 2.33. The molecule has 0 saturated heterocycles. The Morgan fingerprint density at radius 1 is 1.44 bits per heavy atom. The van der Waals surface area contributed by atoms with Crippen molar-refractivity contribution in [3.05, 3.63) is 16.2 Å². The Bertz CT molecular complexity index is 602. The van der Waals surface area contributed by atoms with Crippen LogP contribution >= 0.6 is 15.9 Å². The van der Waals surface area contributed by atoms with E-state index in [2.05, 4.69) is 30.6 Å². The summed E-state index contributed by atoms with van der Waals surface area (Å²) in [7, 11) is 1.94. The number of halogens is 3. The van der Waals surface area contributed by atoms with Crippen LogP contribution in [0.5, 0.6) is 5.88 Å². The largest absolute Gasteiger partial charge is 0.473 e. The van der Waals surface area contributed by atoms with E-state index in [1.807, 2.05) is 31.9 Å². The molecule has 0 aliphatic heterocycles. The highest BCUT2D eigenvalue weighted by molar-refractivity contribution is 9.10. The summed E-state index contributed by atoms with van der Waals surface area (Å²) in [6.07, 6.45) is 3.79. The molecule has 25 heavy (non-hydrogen) atoms. The Morgan fingerprint density at radius 3 is 2.84 bits per heavy atom. The van der Waals surface area contributed by atoms with Gasteiger partial charge in [0.25, 0.3) is 0 Å². The zero-order chi connectivity index (χ0) is 18.4. The van der Waals surface area contributed by atoms with E-state index in [9.17, 15) is 8.78 Å². The summed E-state index contributed by atoms with van der Waals surface area (Å²) < 4.78 is 36.0. The predicted octanol–water partition coefficient (Wildman–Crippen LogP) is 4.69. The van der Waals surface area contributed by atoms with E-state index in [1.165, 1.54) is 0 Å². The van der Waals surface area contributed by atoms with E-state index in [-0.39, 0.29) is 6.10 Å². The third kappa shape index (κ3) is 6.18. The Hall–Kier alpha value is -1.28. The van der Waals surface area contributed by atoms with Crippen molar-refractivity contribution in [3.8, 4) is 5.88 Å². The third-order valence-corrected chi connectivity index (χ3v) is 4.72. The zero-order valence-electron chi connectivity index (χ0n) is 14.7. The molecule has 0 bridgehead atoms. The van der Waals surface area contributed by atoms with E-state index < -0.39 is 12.7 Å². The first kappa shape index (κ1) is 20.0. The number of aryl methyl sites for hydroxylation is 1. The molecule has 1 heterocycles. The van der Waals surface area contributed by atoms with Crippen molar-refractivity contribution < 1.29 is 18.3 Å². The lowest BCUT2D eigenvalue weighted by Crippen LogP contribution is -2.31. The first-order chi connectivity index (χ1) is 11.9. The molecule has 5 nitrogen and oxygen atoms in total. The number of alkyl halides is 2. The van der Waals surface area contributed by atoms with E-state index in [0.29, 0.717) is 23.2 Å². The molecule has 0 N–H and O–H groups in total. The van der Waals surface area contributed by atoms with Gasteiger partial charge in [-0.05, 0) is 55.1 Å². The molecule has 0 amide bonds. The molecule has 1 aromatic heterocycles. The maximum atomic E-state index is 12.4. The summed E-state index contributed by atoms with van der Waals surface area (Å²) in [6.45, 7) is 2.02. The molecule has 140 valence electrons. The lowest BCUT2D eigenvalue weighted by Gasteiger charge is -2.29. The van der Waals surface area contributed by atoms with Crippen molar-refractivity contribution in [1.82, 2.24) is 9.88 Å². The smallest absolute Gasteiger partial charge is 0.345 e. The minimum atomic E-state index is -2.74. The van der Waals surface area contributed by atoms with Crippen LogP contribution in [0, 0.1) is 6.92 Å². The molecule has 1 saturated carbocycles. The van der Waals surface area contributed by atoms with Gasteiger partial charge in [-0.1, -0.05) is 0 Å². The molecule has 0 spiro atoms. The van der Waals surface area contributed by atoms with Gasteiger partial charge in [0.05, 0.1) is 28.3 Å². The molecule has 1 aliphatic rings. The van der Waals surface area contributed by atoms with Gasteiger partial charge in [-0.15, -0.1) is 0 Å². The lowest BCUT2D eigenvalue weighted by molar-refractivity contribution is -0.175. The zero-order valence-corrected chi connectivity index (χ0v) is 16.3. The fourth-order valence-electron chi connectivity index (χ4n) is 2.64. The van der Waals surface area contributed by atoms with Gasteiger partial charge in [-0.2, -0.15) is 8.78 Å². The number of aromatic nitrogens is 1. The minimum Gasteiger partial charge on any atom is -0.473 e. The van der Waals surface area contributed by atoms with Crippen molar-refractivity contribution in [2.75, 3.05) is 13.6 Å². The van der Waals surface area contributed by atoms with Gasteiger partial charge in [-0.3, -0.25) is 0 Å². The van der Waals surface area contributed by atoms with E-state index >= 15 is 0 Å². The van der Waals surface area contributed by atoms with Gasteiger partial charge < -0.3 is 14.4 Å². The van der Waals surface area contributed by atoms with Crippen LogP contribution in [0.15, 0.2) is 15.5 Å². The van der Waals surface area contributed by atoms with Crippen LogP contribution in [0.4, 0.5) is 14.5 Å². The molecular formula is C17H24BrF2N3O2. The highest BCUT2D eigenvalue weighted by atomic mass is 79.9. The summed E-state index contributed by atoms with van der Waals surface area (Å²) in [5.41, 5.74) is 1.50. The second-order valence-corrected chi connectivity index (χ2v) is 6.98. The van der Waals surface area contributed by atoms with Gasteiger partial charge in [-0.25, -0.2) is 9.98 Å². The predicted molar refractivity (Wildman–Crippen MR) is 96.9 cm³/mol. The summed E-state index contributed by atoms with van der Waals surface area (Å²) in [5, 5.41) is 0. The molecule has 2 atom stereocenters. The van der Waals surface area contributed by atoms with Crippen LogP contribution in [0.1, 0.15) is 38.3 Å². The van der Waals surface area contributed by atoms with Crippen LogP contribution < -0.4 is 4.74 Å². The Kier molecular flexibility index (Phi) is 7.56. The van der Waals surface area contributed by atoms with Crippen molar-refractivity contribution in [1.29, 1.82) is 0 Å². The molecule has 8 heteroatoms. The van der Waals surface area contributed by atoms with E-state index in [4.69, 9.17) is 4.74 Å². The third-order valence-electron chi connectivity index (χ3n) is 4.15. The highest BCUT2D eigenvalue weighted by Gasteiger charge is 2.27. The lowest BCUT2D eigenvalue weighted by atomic mass is 9.95. The van der Waals surface area contributed by atoms with Crippen molar-refractivity contribution in [2.24, 2.45) is 4.99 Å². The first-order valence-corrected chi connectivity index (χ1v) is 9.20.